The van der Waals surface area contributed by atoms with Crippen LogP contribution in [0.2, 0.25) is 0 Å². The molecule has 0 amide bonds. The van der Waals surface area contributed by atoms with Gasteiger partial charge in [-0.2, -0.15) is 0 Å². The molecular formula is C18H30N2O2. The zero-order valence-electron chi connectivity index (χ0n) is 14.1. The van der Waals surface area contributed by atoms with Crippen molar-refractivity contribution in [3.8, 4) is 5.75 Å². The van der Waals surface area contributed by atoms with Gasteiger partial charge in [-0.25, -0.2) is 0 Å². The summed E-state index contributed by atoms with van der Waals surface area (Å²) in [4.78, 5) is 2.48. The molecular weight excluding hydrogens is 276 g/mol. The van der Waals surface area contributed by atoms with Crippen molar-refractivity contribution in [3.05, 3.63) is 23.8 Å². The molecule has 1 saturated heterocycles. The lowest BCUT2D eigenvalue weighted by Gasteiger charge is -2.33. The maximum absolute atomic E-state index is 10.4. The Labute approximate surface area is 134 Å². The average molecular weight is 306 g/mol. The van der Waals surface area contributed by atoms with Gasteiger partial charge in [-0.3, -0.25) is 0 Å². The number of benzene rings is 1. The number of likely N-dealkylation sites (tertiary alicyclic amines) is 1. The van der Waals surface area contributed by atoms with Gasteiger partial charge in [0.1, 0.15) is 5.75 Å². The van der Waals surface area contributed by atoms with Gasteiger partial charge >= 0.3 is 0 Å². The average Bonchev–Trinajstić information content (AvgIpc) is 2.48. The molecule has 1 aliphatic rings. The molecule has 2 rings (SSSR count). The Balaban J connectivity index is 1.91. The Morgan fingerprint density at radius 3 is 2.77 bits per heavy atom. The summed E-state index contributed by atoms with van der Waals surface area (Å²) in [6, 6.07) is 6.24. The van der Waals surface area contributed by atoms with Gasteiger partial charge in [-0.15, -0.1) is 0 Å². The number of piperidine rings is 1. The van der Waals surface area contributed by atoms with E-state index in [1.54, 1.807) is 0 Å². The molecule has 124 valence electrons. The van der Waals surface area contributed by atoms with Gasteiger partial charge in [-0.05, 0) is 64.3 Å². The largest absolute Gasteiger partial charge is 0.489 e. The predicted octanol–water partition coefficient (Wildman–Crippen LogP) is 3.35. The van der Waals surface area contributed by atoms with Crippen LogP contribution in [0.1, 0.15) is 58.1 Å². The van der Waals surface area contributed by atoms with Crippen molar-refractivity contribution in [2.45, 2.75) is 64.7 Å². The Morgan fingerprint density at radius 1 is 1.36 bits per heavy atom. The maximum atomic E-state index is 10.4. The number of aliphatic hydroxyl groups excluding tert-OH is 1. The molecule has 1 aliphatic heterocycles. The molecule has 0 aromatic heterocycles. The second-order valence-corrected chi connectivity index (χ2v) is 6.65. The number of nitrogen functional groups attached to an aromatic ring is 1. The third kappa shape index (κ3) is 4.62. The van der Waals surface area contributed by atoms with Crippen LogP contribution in [0.25, 0.3) is 0 Å². The highest BCUT2D eigenvalue weighted by Gasteiger charge is 2.19. The Hall–Kier alpha value is -1.26. The molecule has 4 nitrogen and oxygen atoms in total. The van der Waals surface area contributed by atoms with Crippen LogP contribution in [0.3, 0.4) is 0 Å². The van der Waals surface area contributed by atoms with E-state index in [0.29, 0.717) is 17.5 Å². The number of nitrogens with zero attached hydrogens (tertiary/aromatic N) is 1. The molecule has 1 aromatic rings. The second-order valence-electron chi connectivity index (χ2n) is 6.65. The van der Waals surface area contributed by atoms with Crippen LogP contribution < -0.4 is 10.5 Å². The van der Waals surface area contributed by atoms with Crippen molar-refractivity contribution < 1.29 is 9.84 Å². The standard InChI is InChI=1S/C18H30N2O2/c1-13(2)22-18-8-7-15(12-16(18)19)17(21)9-11-20-10-5-4-6-14(20)3/h7-8,12-14,17,21H,4-6,9-11,19H2,1-3H3. The first-order valence-electron chi connectivity index (χ1n) is 8.45. The molecule has 0 saturated carbocycles. The van der Waals surface area contributed by atoms with Gasteiger partial charge in [0.25, 0.3) is 0 Å². The molecule has 3 N–H and O–H groups in total. The quantitative estimate of drug-likeness (QED) is 0.791. The number of ether oxygens (including phenoxy) is 1. The van der Waals surface area contributed by atoms with Crippen LogP contribution in [-0.4, -0.2) is 35.2 Å². The van der Waals surface area contributed by atoms with Gasteiger partial charge in [0.2, 0.25) is 0 Å². The van der Waals surface area contributed by atoms with Crippen LogP contribution in [-0.2, 0) is 0 Å². The van der Waals surface area contributed by atoms with E-state index in [4.69, 9.17) is 10.5 Å². The molecule has 1 fully saturated rings. The minimum Gasteiger partial charge on any atom is -0.489 e. The molecule has 1 heterocycles. The summed E-state index contributed by atoms with van der Waals surface area (Å²) in [6.07, 6.45) is 4.24. The smallest absolute Gasteiger partial charge is 0.142 e. The van der Waals surface area contributed by atoms with Crippen LogP contribution in [0.15, 0.2) is 18.2 Å². The summed E-state index contributed by atoms with van der Waals surface area (Å²) in [6.45, 7) is 8.31. The van der Waals surface area contributed by atoms with Gasteiger partial charge in [-0.1, -0.05) is 12.5 Å². The van der Waals surface area contributed by atoms with Crippen LogP contribution in [0, 0.1) is 0 Å². The summed E-state index contributed by atoms with van der Waals surface area (Å²) >= 11 is 0. The minimum absolute atomic E-state index is 0.0960. The van der Waals surface area contributed by atoms with Crippen molar-refractivity contribution >= 4 is 5.69 Å². The Bertz CT molecular complexity index is 476. The summed E-state index contributed by atoms with van der Waals surface area (Å²) in [7, 11) is 0. The van der Waals surface area contributed by atoms with E-state index in [2.05, 4.69) is 11.8 Å². The molecule has 4 heteroatoms. The number of nitrogens with two attached hydrogens (primary N) is 1. The van der Waals surface area contributed by atoms with E-state index >= 15 is 0 Å². The monoisotopic (exact) mass is 306 g/mol. The second kappa shape index (κ2) is 7.84. The lowest BCUT2D eigenvalue weighted by Crippen LogP contribution is -2.38. The first-order valence-corrected chi connectivity index (χ1v) is 8.45. The molecule has 0 spiro atoms. The molecule has 22 heavy (non-hydrogen) atoms. The van der Waals surface area contributed by atoms with E-state index < -0.39 is 6.10 Å². The highest BCUT2D eigenvalue weighted by Crippen LogP contribution is 2.28. The first-order chi connectivity index (χ1) is 10.5. The Morgan fingerprint density at radius 2 is 2.14 bits per heavy atom. The number of hydrogen-bond donors (Lipinski definition) is 2. The van der Waals surface area contributed by atoms with E-state index in [9.17, 15) is 5.11 Å². The topological polar surface area (TPSA) is 58.7 Å². The third-order valence-electron chi connectivity index (χ3n) is 4.41. The fourth-order valence-corrected chi connectivity index (χ4v) is 3.08. The van der Waals surface area contributed by atoms with Gasteiger partial charge < -0.3 is 20.5 Å². The van der Waals surface area contributed by atoms with Crippen LogP contribution in [0.5, 0.6) is 5.75 Å². The fourth-order valence-electron chi connectivity index (χ4n) is 3.08. The highest BCUT2D eigenvalue weighted by atomic mass is 16.5. The van der Waals surface area contributed by atoms with Gasteiger partial charge in [0, 0.05) is 12.6 Å². The highest BCUT2D eigenvalue weighted by molar-refractivity contribution is 5.54. The van der Waals surface area contributed by atoms with Crippen LogP contribution >= 0.6 is 0 Å². The normalized spacial score (nSPS) is 21.0. The molecule has 0 aliphatic carbocycles. The summed E-state index contributed by atoms with van der Waals surface area (Å²) in [5, 5.41) is 10.4. The van der Waals surface area contributed by atoms with Crippen molar-refractivity contribution in [3.63, 3.8) is 0 Å². The van der Waals surface area contributed by atoms with E-state index in [1.807, 2.05) is 32.0 Å². The third-order valence-corrected chi connectivity index (χ3v) is 4.41. The zero-order chi connectivity index (χ0) is 16.1. The first kappa shape index (κ1) is 17.1. The number of aliphatic hydroxyl groups is 1. The molecule has 0 bridgehead atoms. The summed E-state index contributed by atoms with van der Waals surface area (Å²) < 4.78 is 5.63. The van der Waals surface area contributed by atoms with E-state index in [-0.39, 0.29) is 6.10 Å². The van der Waals surface area contributed by atoms with Crippen LogP contribution in [0.4, 0.5) is 5.69 Å². The lowest BCUT2D eigenvalue weighted by atomic mass is 10.0. The zero-order valence-corrected chi connectivity index (χ0v) is 14.1. The van der Waals surface area contributed by atoms with Crippen molar-refractivity contribution in [2.75, 3.05) is 18.8 Å². The van der Waals surface area contributed by atoms with E-state index in [1.165, 1.54) is 19.3 Å². The number of hydrogen-bond acceptors (Lipinski definition) is 4. The predicted molar refractivity (Wildman–Crippen MR) is 91.1 cm³/mol. The number of rotatable bonds is 6. The molecule has 1 aromatic carbocycles. The SMILES string of the molecule is CC(C)Oc1ccc(C(O)CCN2CCCCC2C)cc1N. The van der Waals surface area contributed by atoms with Gasteiger partial charge in [0.15, 0.2) is 0 Å². The molecule has 0 radical (unpaired) electrons. The minimum atomic E-state index is -0.468. The van der Waals surface area contributed by atoms with Crippen molar-refractivity contribution in [1.29, 1.82) is 0 Å². The Kier molecular flexibility index (Phi) is 6.09. The maximum Gasteiger partial charge on any atom is 0.142 e. The van der Waals surface area contributed by atoms with Gasteiger partial charge in [0.05, 0.1) is 17.9 Å². The number of anilines is 1. The van der Waals surface area contributed by atoms with Crippen molar-refractivity contribution in [1.82, 2.24) is 4.90 Å². The summed E-state index contributed by atoms with van der Waals surface area (Å²) in [5.74, 6) is 0.690. The van der Waals surface area contributed by atoms with E-state index in [0.717, 1.165) is 25.1 Å². The lowest BCUT2D eigenvalue weighted by molar-refractivity contribution is 0.109. The van der Waals surface area contributed by atoms with Crippen molar-refractivity contribution in [2.24, 2.45) is 0 Å². The molecule has 2 atom stereocenters. The summed E-state index contributed by atoms with van der Waals surface area (Å²) in [5.41, 5.74) is 7.49. The fraction of sp³-hybridized carbons (Fsp3) is 0.667. The molecule has 2 unspecified atom stereocenters.